The molecule has 1 amide bonds. The number of nitrogens with one attached hydrogen (secondary N) is 1. The molecular formula is C17H16Cl2N2O2. The van der Waals surface area contributed by atoms with Crippen LogP contribution in [0.25, 0.3) is 0 Å². The van der Waals surface area contributed by atoms with E-state index < -0.39 is 4.33 Å². The van der Waals surface area contributed by atoms with Crippen LogP contribution in [0.2, 0.25) is 0 Å². The van der Waals surface area contributed by atoms with Crippen LogP contribution in [0.1, 0.15) is 17.5 Å². The average molecular weight is 351 g/mol. The van der Waals surface area contributed by atoms with Crippen LogP contribution in [0.15, 0.2) is 48.7 Å². The third-order valence-corrected chi connectivity index (χ3v) is 4.47. The number of carbonyl (C=O) groups is 1. The van der Waals surface area contributed by atoms with Crippen molar-refractivity contribution in [2.75, 3.05) is 0 Å². The number of pyridine rings is 1. The second kappa shape index (κ2) is 6.77. The van der Waals surface area contributed by atoms with Crippen molar-refractivity contribution in [3.63, 3.8) is 0 Å². The van der Waals surface area contributed by atoms with Crippen molar-refractivity contribution in [2.24, 2.45) is 5.92 Å². The lowest BCUT2D eigenvalue weighted by Gasteiger charge is -2.08. The molecule has 2 aromatic rings. The smallest absolute Gasteiger partial charge is 0.226 e. The third-order valence-electron chi connectivity index (χ3n) is 3.64. The summed E-state index contributed by atoms with van der Waals surface area (Å²) < 4.78 is 4.77. The molecule has 1 aromatic heterocycles. The van der Waals surface area contributed by atoms with E-state index in [1.807, 2.05) is 42.5 Å². The molecule has 1 atom stereocenters. The Kier molecular flexibility index (Phi) is 4.74. The SMILES string of the molecule is O=C(NCc1ccnc(OCc2ccccc2)c1)C1CC1(Cl)Cl. The summed E-state index contributed by atoms with van der Waals surface area (Å²) in [4.78, 5) is 16.0. The topological polar surface area (TPSA) is 51.2 Å². The van der Waals surface area contributed by atoms with E-state index in [1.54, 1.807) is 6.20 Å². The van der Waals surface area contributed by atoms with Gasteiger partial charge in [0.1, 0.15) is 10.9 Å². The zero-order chi connectivity index (χ0) is 16.3. The Morgan fingerprint density at radius 3 is 2.70 bits per heavy atom. The zero-order valence-corrected chi connectivity index (χ0v) is 13.8. The van der Waals surface area contributed by atoms with Gasteiger partial charge in [0, 0.05) is 18.8 Å². The summed E-state index contributed by atoms with van der Waals surface area (Å²) in [6.45, 7) is 0.843. The summed E-state index contributed by atoms with van der Waals surface area (Å²) in [7, 11) is 0. The Hall–Kier alpha value is -1.78. The van der Waals surface area contributed by atoms with Crippen LogP contribution in [0.4, 0.5) is 0 Å². The average Bonchev–Trinajstić information content (AvgIpc) is 3.21. The van der Waals surface area contributed by atoms with Crippen molar-refractivity contribution in [2.45, 2.75) is 23.9 Å². The van der Waals surface area contributed by atoms with E-state index in [2.05, 4.69) is 10.3 Å². The first-order chi connectivity index (χ1) is 11.0. The fraction of sp³-hybridized carbons (Fsp3) is 0.294. The molecule has 1 saturated carbocycles. The van der Waals surface area contributed by atoms with Crippen molar-refractivity contribution in [1.82, 2.24) is 10.3 Å². The molecule has 1 N–H and O–H groups in total. The largest absolute Gasteiger partial charge is 0.473 e. The molecule has 120 valence electrons. The number of rotatable bonds is 6. The minimum absolute atomic E-state index is 0.126. The molecule has 6 heteroatoms. The number of carbonyl (C=O) groups excluding carboxylic acids is 1. The normalized spacial score (nSPS) is 18.3. The van der Waals surface area contributed by atoms with Crippen LogP contribution in [-0.2, 0) is 17.9 Å². The van der Waals surface area contributed by atoms with E-state index in [4.69, 9.17) is 27.9 Å². The number of aromatic nitrogens is 1. The standard InChI is InChI=1S/C17H16Cl2N2O2/c18-17(19)9-14(17)16(22)21-10-13-6-7-20-15(8-13)23-11-12-4-2-1-3-5-12/h1-8,14H,9-11H2,(H,21,22). The maximum Gasteiger partial charge on any atom is 0.226 e. The highest BCUT2D eigenvalue weighted by atomic mass is 35.5. The maximum absolute atomic E-state index is 11.9. The highest BCUT2D eigenvalue weighted by Crippen LogP contribution is 2.53. The molecule has 1 aromatic carbocycles. The van der Waals surface area contributed by atoms with E-state index >= 15 is 0 Å². The Morgan fingerprint density at radius 2 is 2.00 bits per heavy atom. The van der Waals surface area contributed by atoms with Gasteiger partial charge in [-0.15, -0.1) is 23.2 Å². The van der Waals surface area contributed by atoms with Crippen molar-refractivity contribution in [3.05, 3.63) is 59.8 Å². The molecule has 4 nitrogen and oxygen atoms in total. The second-order valence-electron chi connectivity index (χ2n) is 5.51. The lowest BCUT2D eigenvalue weighted by molar-refractivity contribution is -0.122. The van der Waals surface area contributed by atoms with E-state index in [0.29, 0.717) is 25.5 Å². The fourth-order valence-corrected chi connectivity index (χ4v) is 2.69. The van der Waals surface area contributed by atoms with Gasteiger partial charge in [0.2, 0.25) is 11.8 Å². The monoisotopic (exact) mass is 350 g/mol. The number of benzene rings is 1. The van der Waals surface area contributed by atoms with Crippen LogP contribution >= 0.6 is 23.2 Å². The number of nitrogens with zero attached hydrogens (tertiary/aromatic N) is 1. The van der Waals surface area contributed by atoms with Gasteiger partial charge >= 0.3 is 0 Å². The van der Waals surface area contributed by atoms with E-state index in [9.17, 15) is 4.79 Å². The van der Waals surface area contributed by atoms with Gasteiger partial charge in [0.05, 0.1) is 5.92 Å². The molecule has 1 aliphatic rings. The van der Waals surface area contributed by atoms with Gasteiger partial charge in [-0.05, 0) is 23.6 Å². The summed E-state index contributed by atoms with van der Waals surface area (Å²) in [6, 6.07) is 13.5. The summed E-state index contributed by atoms with van der Waals surface area (Å²) in [5.74, 6) is 0.0797. The van der Waals surface area contributed by atoms with Crippen molar-refractivity contribution >= 4 is 29.1 Å². The first kappa shape index (κ1) is 16.1. The quantitative estimate of drug-likeness (QED) is 0.811. The molecule has 23 heavy (non-hydrogen) atoms. The maximum atomic E-state index is 11.9. The first-order valence-electron chi connectivity index (χ1n) is 7.32. The van der Waals surface area contributed by atoms with Gasteiger partial charge < -0.3 is 10.1 Å². The highest BCUT2D eigenvalue weighted by molar-refractivity contribution is 6.52. The molecular weight excluding hydrogens is 335 g/mol. The van der Waals surface area contributed by atoms with E-state index in [1.165, 1.54) is 0 Å². The van der Waals surface area contributed by atoms with Gasteiger partial charge in [-0.1, -0.05) is 30.3 Å². The lowest BCUT2D eigenvalue weighted by atomic mass is 10.2. The zero-order valence-electron chi connectivity index (χ0n) is 12.3. The molecule has 0 spiro atoms. The van der Waals surface area contributed by atoms with Gasteiger partial charge in [0.15, 0.2) is 0 Å². The van der Waals surface area contributed by atoms with E-state index in [-0.39, 0.29) is 11.8 Å². The van der Waals surface area contributed by atoms with Gasteiger partial charge in [-0.2, -0.15) is 0 Å². The number of halogens is 2. The minimum Gasteiger partial charge on any atom is -0.473 e. The third kappa shape index (κ3) is 4.36. The Balaban J connectivity index is 1.52. The molecule has 0 saturated heterocycles. The lowest BCUT2D eigenvalue weighted by Crippen LogP contribution is -2.26. The number of hydrogen-bond acceptors (Lipinski definition) is 3. The number of alkyl halides is 2. The van der Waals surface area contributed by atoms with Gasteiger partial charge in [-0.25, -0.2) is 4.98 Å². The molecule has 0 bridgehead atoms. The van der Waals surface area contributed by atoms with Crippen molar-refractivity contribution < 1.29 is 9.53 Å². The predicted octanol–water partition coefficient (Wildman–Crippen LogP) is 3.47. The molecule has 3 rings (SSSR count). The van der Waals surface area contributed by atoms with Crippen LogP contribution in [-0.4, -0.2) is 15.2 Å². The van der Waals surface area contributed by atoms with Crippen LogP contribution < -0.4 is 10.1 Å². The fourth-order valence-electron chi connectivity index (χ4n) is 2.18. The molecule has 1 aliphatic carbocycles. The Labute approximate surface area is 144 Å². The molecule has 1 fully saturated rings. The first-order valence-corrected chi connectivity index (χ1v) is 8.07. The van der Waals surface area contributed by atoms with Crippen LogP contribution in [0.5, 0.6) is 5.88 Å². The van der Waals surface area contributed by atoms with Crippen LogP contribution in [0.3, 0.4) is 0 Å². The molecule has 1 unspecified atom stereocenters. The molecule has 1 heterocycles. The summed E-state index contributed by atoms with van der Waals surface area (Å²) >= 11 is 11.8. The number of ether oxygens (including phenoxy) is 1. The number of hydrogen-bond donors (Lipinski definition) is 1. The van der Waals surface area contributed by atoms with Gasteiger partial charge in [-0.3, -0.25) is 4.79 Å². The highest BCUT2D eigenvalue weighted by Gasteiger charge is 2.56. The van der Waals surface area contributed by atoms with Crippen molar-refractivity contribution in [3.8, 4) is 5.88 Å². The summed E-state index contributed by atoms with van der Waals surface area (Å²) in [6.07, 6.45) is 2.16. The Bertz CT molecular complexity index is 692. The minimum atomic E-state index is -0.897. The molecule has 0 aliphatic heterocycles. The Morgan fingerprint density at radius 1 is 1.26 bits per heavy atom. The number of amides is 1. The summed E-state index contributed by atoms with van der Waals surface area (Å²) in [5, 5.41) is 2.83. The van der Waals surface area contributed by atoms with Crippen molar-refractivity contribution in [1.29, 1.82) is 0 Å². The second-order valence-corrected chi connectivity index (χ2v) is 7.05. The summed E-state index contributed by atoms with van der Waals surface area (Å²) in [5.41, 5.74) is 1.98. The van der Waals surface area contributed by atoms with Gasteiger partial charge in [0.25, 0.3) is 0 Å². The predicted molar refractivity (Wildman–Crippen MR) is 89.4 cm³/mol. The molecule has 0 radical (unpaired) electrons. The van der Waals surface area contributed by atoms with Crippen LogP contribution in [0, 0.1) is 5.92 Å². The van der Waals surface area contributed by atoms with E-state index in [0.717, 1.165) is 11.1 Å².